The van der Waals surface area contributed by atoms with E-state index in [2.05, 4.69) is 15.5 Å². The molecule has 0 unspecified atom stereocenters. The average molecular weight is 384 g/mol. The molecule has 0 aliphatic rings. The zero-order valence-electron chi connectivity index (χ0n) is 15.3. The molecule has 1 aromatic heterocycles. The molecule has 0 fully saturated rings. The molecule has 0 aliphatic heterocycles. The summed E-state index contributed by atoms with van der Waals surface area (Å²) in [5.74, 6) is 0.355. The lowest BCUT2D eigenvalue weighted by atomic mass is 10.1. The van der Waals surface area contributed by atoms with Crippen LogP contribution in [0.25, 0.3) is 10.9 Å². The monoisotopic (exact) mass is 384 g/mol. The molecule has 0 saturated heterocycles. The van der Waals surface area contributed by atoms with Crippen molar-refractivity contribution in [2.24, 2.45) is 5.10 Å². The van der Waals surface area contributed by atoms with Crippen LogP contribution in [0.1, 0.15) is 19.4 Å². The summed E-state index contributed by atoms with van der Waals surface area (Å²) in [6.45, 7) is 4.11. The molecular weight excluding hydrogens is 364 g/mol. The van der Waals surface area contributed by atoms with Crippen molar-refractivity contribution in [3.05, 3.63) is 64.4 Å². The van der Waals surface area contributed by atoms with Crippen LogP contribution in [0.2, 0.25) is 0 Å². The molecule has 0 saturated carbocycles. The van der Waals surface area contributed by atoms with Crippen molar-refractivity contribution in [2.75, 3.05) is 11.7 Å². The number of hydrazone groups is 1. The molecule has 0 bridgehead atoms. The molecule has 0 radical (unpaired) electrons. The molecule has 1 heterocycles. The molecule has 2 aromatic carbocycles. The first-order valence-electron chi connectivity index (χ1n) is 8.41. The van der Waals surface area contributed by atoms with Gasteiger partial charge in [-0.2, -0.15) is 5.10 Å². The van der Waals surface area contributed by atoms with Gasteiger partial charge >= 0.3 is 0 Å². The van der Waals surface area contributed by atoms with Gasteiger partial charge in [-0.05, 0) is 43.7 Å². The lowest BCUT2D eigenvalue weighted by molar-refractivity contribution is 0.602. The van der Waals surface area contributed by atoms with E-state index in [4.69, 9.17) is 0 Å². The third-order valence-corrected chi connectivity index (χ3v) is 5.33. The van der Waals surface area contributed by atoms with Crippen LogP contribution in [-0.2, 0) is 16.4 Å². The van der Waals surface area contributed by atoms with E-state index in [0.29, 0.717) is 29.1 Å². The smallest absolute Gasteiger partial charge is 0.262 e. The van der Waals surface area contributed by atoms with Crippen LogP contribution in [0.5, 0.6) is 0 Å². The van der Waals surface area contributed by atoms with Crippen molar-refractivity contribution < 1.29 is 8.42 Å². The molecule has 8 heteroatoms. The summed E-state index contributed by atoms with van der Waals surface area (Å²) in [5, 5.41) is 4.87. The van der Waals surface area contributed by atoms with Crippen LogP contribution in [0.4, 0.5) is 5.95 Å². The molecule has 0 atom stereocenters. The van der Waals surface area contributed by atoms with E-state index in [1.165, 1.54) is 10.8 Å². The Balaban J connectivity index is 1.94. The third kappa shape index (κ3) is 3.90. The fraction of sp³-hybridized carbons (Fsp3) is 0.211. The first kappa shape index (κ1) is 18.8. The van der Waals surface area contributed by atoms with Gasteiger partial charge < -0.3 is 0 Å². The minimum Gasteiger partial charge on any atom is -0.277 e. The van der Waals surface area contributed by atoms with Crippen molar-refractivity contribution in [2.45, 2.75) is 25.3 Å². The van der Waals surface area contributed by atoms with Gasteiger partial charge in [0.15, 0.2) is 9.84 Å². The molecule has 140 valence electrons. The molecule has 0 spiro atoms. The Morgan fingerprint density at radius 3 is 2.44 bits per heavy atom. The summed E-state index contributed by atoms with van der Waals surface area (Å²) in [4.78, 5) is 17.3. The summed E-state index contributed by atoms with van der Waals surface area (Å²) >= 11 is 0. The van der Waals surface area contributed by atoms with Crippen LogP contribution in [0, 0.1) is 0 Å². The van der Waals surface area contributed by atoms with Crippen molar-refractivity contribution in [3.8, 4) is 0 Å². The molecular formula is C19H20N4O3S. The van der Waals surface area contributed by atoms with E-state index in [9.17, 15) is 13.2 Å². The highest BCUT2D eigenvalue weighted by molar-refractivity contribution is 7.90. The van der Waals surface area contributed by atoms with E-state index < -0.39 is 9.84 Å². The zero-order chi connectivity index (χ0) is 19.6. The van der Waals surface area contributed by atoms with Gasteiger partial charge in [0.2, 0.25) is 5.95 Å². The van der Waals surface area contributed by atoms with Gasteiger partial charge in [-0.25, -0.2) is 18.8 Å². The van der Waals surface area contributed by atoms with Gasteiger partial charge in [-0.1, -0.05) is 24.3 Å². The number of nitrogens with zero attached hydrogens (tertiary/aromatic N) is 3. The number of fused-ring (bicyclic) bond motifs is 1. The van der Waals surface area contributed by atoms with Crippen molar-refractivity contribution >= 4 is 32.4 Å². The topological polar surface area (TPSA) is 93.4 Å². The van der Waals surface area contributed by atoms with Crippen molar-refractivity contribution in [3.63, 3.8) is 0 Å². The maximum Gasteiger partial charge on any atom is 0.262 e. The highest BCUT2D eigenvalue weighted by Crippen LogP contribution is 2.13. The standard InChI is InChI=1S/C19H20N4O3S/c1-4-23-18(24)16-7-5-6-8-17(16)20-19(23)22-21-13(2)14-9-11-15(12-10-14)27(3,25)26/h5-12H,4H2,1-3H3,(H,20,22)/b21-13-. The summed E-state index contributed by atoms with van der Waals surface area (Å²) in [6.07, 6.45) is 1.17. The normalized spacial score (nSPS) is 12.3. The molecule has 1 N–H and O–H groups in total. The van der Waals surface area contributed by atoms with Crippen molar-refractivity contribution in [1.82, 2.24) is 9.55 Å². The van der Waals surface area contributed by atoms with E-state index in [0.717, 1.165) is 5.56 Å². The Hall–Kier alpha value is -3.00. The Kier molecular flexibility index (Phi) is 5.09. The Bertz CT molecular complexity index is 1180. The minimum absolute atomic E-state index is 0.129. The van der Waals surface area contributed by atoms with Crippen LogP contribution in [-0.4, -0.2) is 29.9 Å². The van der Waals surface area contributed by atoms with Gasteiger partial charge in [0.1, 0.15) is 0 Å². The second-order valence-electron chi connectivity index (χ2n) is 6.11. The van der Waals surface area contributed by atoms with Crippen LogP contribution < -0.4 is 11.0 Å². The van der Waals surface area contributed by atoms with E-state index in [1.54, 1.807) is 49.4 Å². The molecule has 3 rings (SSSR count). The number of anilines is 1. The fourth-order valence-electron chi connectivity index (χ4n) is 2.69. The minimum atomic E-state index is -3.24. The second-order valence-corrected chi connectivity index (χ2v) is 8.12. The number of para-hydroxylation sites is 1. The SMILES string of the molecule is CCn1c(N/N=C(/C)c2ccc(S(C)(=O)=O)cc2)nc2ccccc2c1=O. The van der Waals surface area contributed by atoms with E-state index in [-0.39, 0.29) is 10.5 Å². The van der Waals surface area contributed by atoms with Crippen LogP contribution >= 0.6 is 0 Å². The lowest BCUT2D eigenvalue weighted by Gasteiger charge is -2.11. The van der Waals surface area contributed by atoms with Gasteiger partial charge in [0.05, 0.1) is 21.5 Å². The average Bonchev–Trinajstić information content (AvgIpc) is 2.65. The first-order chi connectivity index (χ1) is 12.8. The van der Waals surface area contributed by atoms with Gasteiger partial charge in [0, 0.05) is 12.8 Å². The predicted octanol–water partition coefficient (Wildman–Crippen LogP) is 2.66. The Labute approximate surface area is 157 Å². The van der Waals surface area contributed by atoms with Gasteiger partial charge in [-0.3, -0.25) is 9.36 Å². The number of hydrogen-bond donors (Lipinski definition) is 1. The number of nitrogens with one attached hydrogen (secondary N) is 1. The largest absolute Gasteiger partial charge is 0.277 e. The summed E-state index contributed by atoms with van der Waals surface area (Å²) < 4.78 is 24.6. The van der Waals surface area contributed by atoms with Gasteiger partial charge in [-0.15, -0.1) is 0 Å². The number of benzene rings is 2. The second kappa shape index (κ2) is 7.32. The Morgan fingerprint density at radius 1 is 1.15 bits per heavy atom. The predicted molar refractivity (Wildman–Crippen MR) is 107 cm³/mol. The Morgan fingerprint density at radius 2 is 1.81 bits per heavy atom. The first-order valence-corrected chi connectivity index (χ1v) is 10.3. The molecule has 7 nitrogen and oxygen atoms in total. The van der Waals surface area contributed by atoms with Crippen molar-refractivity contribution in [1.29, 1.82) is 0 Å². The van der Waals surface area contributed by atoms with Gasteiger partial charge in [0.25, 0.3) is 5.56 Å². The highest BCUT2D eigenvalue weighted by Gasteiger charge is 2.10. The zero-order valence-corrected chi connectivity index (χ0v) is 16.1. The quantitative estimate of drug-likeness (QED) is 0.539. The van der Waals surface area contributed by atoms with Crippen LogP contribution in [0.15, 0.2) is 63.3 Å². The summed E-state index contributed by atoms with van der Waals surface area (Å²) in [7, 11) is -3.24. The fourth-order valence-corrected chi connectivity index (χ4v) is 3.32. The van der Waals surface area contributed by atoms with E-state index >= 15 is 0 Å². The lowest BCUT2D eigenvalue weighted by Crippen LogP contribution is -2.23. The molecule has 3 aromatic rings. The molecule has 27 heavy (non-hydrogen) atoms. The van der Waals surface area contributed by atoms with Crippen LogP contribution in [0.3, 0.4) is 0 Å². The summed E-state index contributed by atoms with van der Waals surface area (Å²) in [6, 6.07) is 13.6. The number of hydrogen-bond acceptors (Lipinski definition) is 6. The highest BCUT2D eigenvalue weighted by atomic mass is 32.2. The number of rotatable bonds is 5. The number of aromatic nitrogens is 2. The maximum atomic E-state index is 12.6. The summed E-state index contributed by atoms with van der Waals surface area (Å²) in [5.41, 5.74) is 4.73. The molecule has 0 aliphatic carbocycles. The van der Waals surface area contributed by atoms with E-state index in [1.807, 2.05) is 13.0 Å². The third-order valence-electron chi connectivity index (χ3n) is 4.20. The number of sulfone groups is 1. The maximum absolute atomic E-state index is 12.6. The molecule has 0 amide bonds.